The second-order valence-electron chi connectivity index (χ2n) is 5.93. The Morgan fingerprint density at radius 1 is 1.26 bits per heavy atom. The van der Waals surface area contributed by atoms with Crippen LogP contribution < -0.4 is 15.4 Å². The zero-order valence-corrected chi connectivity index (χ0v) is 15.8. The van der Waals surface area contributed by atoms with Crippen molar-refractivity contribution in [1.82, 2.24) is 4.98 Å². The molecule has 1 aliphatic rings. The van der Waals surface area contributed by atoms with E-state index in [-0.39, 0.29) is 18.4 Å². The number of benzene rings is 2. The van der Waals surface area contributed by atoms with Crippen molar-refractivity contribution in [3.05, 3.63) is 57.9 Å². The Morgan fingerprint density at radius 2 is 2.04 bits per heavy atom. The van der Waals surface area contributed by atoms with Crippen LogP contribution in [0.1, 0.15) is 15.2 Å². The Bertz CT molecular complexity index is 1050. The largest absolute Gasteiger partial charge is 0.482 e. The summed E-state index contributed by atoms with van der Waals surface area (Å²) in [7, 11) is 0. The maximum absolute atomic E-state index is 12.4. The zero-order valence-electron chi connectivity index (χ0n) is 14.2. The van der Waals surface area contributed by atoms with E-state index in [2.05, 4.69) is 15.6 Å². The Morgan fingerprint density at radius 3 is 2.81 bits per heavy atom. The fourth-order valence-electron chi connectivity index (χ4n) is 2.72. The van der Waals surface area contributed by atoms with E-state index in [1.165, 1.54) is 11.3 Å². The summed E-state index contributed by atoms with van der Waals surface area (Å²) in [6.07, 6.45) is 0. The molecule has 0 saturated carbocycles. The first kappa shape index (κ1) is 17.5. The molecule has 0 fully saturated rings. The molecule has 1 aromatic heterocycles. The summed E-state index contributed by atoms with van der Waals surface area (Å²) in [5.41, 5.74) is 2.69. The highest BCUT2D eigenvalue weighted by Gasteiger charge is 2.19. The molecule has 2 heterocycles. The molecule has 0 unspecified atom stereocenters. The fraction of sp³-hybridized carbons (Fsp3) is 0.105. The lowest BCUT2D eigenvalue weighted by Crippen LogP contribution is -2.25. The van der Waals surface area contributed by atoms with Gasteiger partial charge in [0.15, 0.2) is 11.7 Å². The molecule has 2 aromatic carbocycles. The van der Waals surface area contributed by atoms with Gasteiger partial charge in [0, 0.05) is 21.0 Å². The van der Waals surface area contributed by atoms with E-state index in [0.717, 1.165) is 16.1 Å². The highest BCUT2D eigenvalue weighted by atomic mass is 35.5. The van der Waals surface area contributed by atoms with Crippen molar-refractivity contribution in [2.75, 3.05) is 17.2 Å². The van der Waals surface area contributed by atoms with Gasteiger partial charge in [0.25, 0.3) is 11.8 Å². The average Bonchev–Trinajstić information content (AvgIpc) is 3.01. The number of rotatable bonds is 3. The Kier molecular flexibility index (Phi) is 4.55. The van der Waals surface area contributed by atoms with Gasteiger partial charge in [-0.15, -0.1) is 11.3 Å². The van der Waals surface area contributed by atoms with Crippen LogP contribution in [0, 0.1) is 6.92 Å². The second kappa shape index (κ2) is 7.02. The van der Waals surface area contributed by atoms with Gasteiger partial charge in [-0.05, 0) is 49.4 Å². The number of aromatic nitrogens is 1. The fourth-order valence-corrected chi connectivity index (χ4v) is 3.68. The highest BCUT2D eigenvalue weighted by Crippen LogP contribution is 2.36. The number of ether oxygens (including phenoxy) is 1. The number of aryl methyl sites for hydroxylation is 1. The second-order valence-corrected chi connectivity index (χ2v) is 7.57. The molecule has 27 heavy (non-hydrogen) atoms. The van der Waals surface area contributed by atoms with Crippen LogP contribution in [-0.4, -0.2) is 23.4 Å². The van der Waals surface area contributed by atoms with E-state index in [1.807, 2.05) is 19.1 Å². The number of thiazole rings is 1. The van der Waals surface area contributed by atoms with Crippen molar-refractivity contribution in [2.45, 2.75) is 6.92 Å². The van der Waals surface area contributed by atoms with E-state index in [1.54, 1.807) is 30.3 Å². The number of carbonyl (C=O) groups is 2. The molecule has 0 aliphatic carbocycles. The molecule has 2 amide bonds. The Labute approximate surface area is 164 Å². The number of carbonyl (C=O) groups excluding carboxylic acids is 2. The molecule has 0 radical (unpaired) electrons. The smallest absolute Gasteiger partial charge is 0.262 e. The molecule has 0 atom stereocenters. The highest BCUT2D eigenvalue weighted by molar-refractivity contribution is 7.16. The van der Waals surface area contributed by atoms with Crippen LogP contribution in [0.2, 0.25) is 5.02 Å². The number of amides is 2. The summed E-state index contributed by atoms with van der Waals surface area (Å²) in [6, 6.07) is 12.1. The molecule has 0 saturated heterocycles. The first-order chi connectivity index (χ1) is 13.0. The molecule has 4 rings (SSSR count). The van der Waals surface area contributed by atoms with Gasteiger partial charge in [0.05, 0.1) is 11.4 Å². The molecule has 136 valence electrons. The van der Waals surface area contributed by atoms with Crippen molar-refractivity contribution < 1.29 is 14.3 Å². The SMILES string of the molecule is Cc1sc(NC(=O)c2ccc(Cl)cc2)nc1-c1ccc2c(c1)NC(=O)CO2. The monoisotopic (exact) mass is 399 g/mol. The van der Waals surface area contributed by atoms with Crippen molar-refractivity contribution in [1.29, 1.82) is 0 Å². The van der Waals surface area contributed by atoms with Gasteiger partial charge in [-0.2, -0.15) is 0 Å². The lowest BCUT2D eigenvalue weighted by atomic mass is 10.1. The first-order valence-electron chi connectivity index (χ1n) is 8.11. The van der Waals surface area contributed by atoms with Crippen LogP contribution in [-0.2, 0) is 4.79 Å². The number of halogens is 1. The topological polar surface area (TPSA) is 80.3 Å². The van der Waals surface area contributed by atoms with Crippen LogP contribution >= 0.6 is 22.9 Å². The molecular formula is C19H14ClN3O3S. The van der Waals surface area contributed by atoms with E-state index in [4.69, 9.17) is 16.3 Å². The number of fused-ring (bicyclic) bond motifs is 1. The lowest BCUT2D eigenvalue weighted by molar-refractivity contribution is -0.118. The molecule has 8 heteroatoms. The van der Waals surface area contributed by atoms with E-state index in [0.29, 0.717) is 27.2 Å². The quantitative estimate of drug-likeness (QED) is 0.685. The first-order valence-corrected chi connectivity index (χ1v) is 9.30. The molecule has 0 bridgehead atoms. The third kappa shape index (κ3) is 3.65. The van der Waals surface area contributed by atoms with Crippen LogP contribution in [0.4, 0.5) is 10.8 Å². The maximum atomic E-state index is 12.4. The summed E-state index contributed by atoms with van der Waals surface area (Å²) in [5.74, 6) is 0.186. The molecule has 0 spiro atoms. The number of hydrogen-bond donors (Lipinski definition) is 2. The molecule has 6 nitrogen and oxygen atoms in total. The standard InChI is InChI=1S/C19H14ClN3O3S/c1-10-17(12-4-7-15-14(8-12)21-16(24)9-26-15)22-19(27-10)23-18(25)11-2-5-13(20)6-3-11/h2-8H,9H2,1H3,(H,21,24)(H,22,23,25). The lowest BCUT2D eigenvalue weighted by Gasteiger charge is -2.18. The van der Waals surface area contributed by atoms with Crippen molar-refractivity contribution >= 4 is 45.6 Å². The Balaban J connectivity index is 1.58. The van der Waals surface area contributed by atoms with Crippen LogP contribution in [0.3, 0.4) is 0 Å². The van der Waals surface area contributed by atoms with Gasteiger partial charge >= 0.3 is 0 Å². The molecular weight excluding hydrogens is 386 g/mol. The van der Waals surface area contributed by atoms with Crippen molar-refractivity contribution in [3.63, 3.8) is 0 Å². The number of nitrogens with one attached hydrogen (secondary N) is 2. The van der Waals surface area contributed by atoms with Gasteiger partial charge < -0.3 is 10.1 Å². The zero-order chi connectivity index (χ0) is 19.0. The van der Waals surface area contributed by atoms with Crippen molar-refractivity contribution in [3.8, 4) is 17.0 Å². The molecule has 1 aliphatic heterocycles. The minimum atomic E-state index is -0.252. The molecule has 3 aromatic rings. The predicted molar refractivity (Wildman–Crippen MR) is 106 cm³/mol. The number of nitrogens with zero attached hydrogens (tertiary/aromatic N) is 1. The van der Waals surface area contributed by atoms with Gasteiger partial charge in [-0.3, -0.25) is 14.9 Å². The number of hydrogen-bond acceptors (Lipinski definition) is 5. The summed E-state index contributed by atoms with van der Waals surface area (Å²) >= 11 is 7.24. The van der Waals surface area contributed by atoms with Gasteiger partial charge in [-0.1, -0.05) is 11.6 Å². The summed E-state index contributed by atoms with van der Waals surface area (Å²) in [4.78, 5) is 29.4. The van der Waals surface area contributed by atoms with Gasteiger partial charge in [0.1, 0.15) is 5.75 Å². The van der Waals surface area contributed by atoms with E-state index in [9.17, 15) is 9.59 Å². The van der Waals surface area contributed by atoms with Crippen LogP contribution in [0.5, 0.6) is 5.75 Å². The average molecular weight is 400 g/mol. The maximum Gasteiger partial charge on any atom is 0.262 e. The third-order valence-electron chi connectivity index (χ3n) is 4.01. The summed E-state index contributed by atoms with van der Waals surface area (Å²) in [6.45, 7) is 1.95. The predicted octanol–water partition coefficient (Wildman–Crippen LogP) is 4.36. The third-order valence-corrected chi connectivity index (χ3v) is 5.15. The number of anilines is 2. The van der Waals surface area contributed by atoms with E-state index < -0.39 is 0 Å². The summed E-state index contributed by atoms with van der Waals surface area (Å²) < 4.78 is 5.38. The Hall–Kier alpha value is -2.90. The van der Waals surface area contributed by atoms with Crippen LogP contribution in [0.25, 0.3) is 11.3 Å². The summed E-state index contributed by atoms with van der Waals surface area (Å²) in [5, 5.41) is 6.67. The van der Waals surface area contributed by atoms with Gasteiger partial charge in [-0.25, -0.2) is 4.98 Å². The van der Waals surface area contributed by atoms with E-state index >= 15 is 0 Å². The molecule has 2 N–H and O–H groups in total. The van der Waals surface area contributed by atoms with Gasteiger partial charge in [0.2, 0.25) is 0 Å². The van der Waals surface area contributed by atoms with Crippen molar-refractivity contribution in [2.24, 2.45) is 0 Å². The minimum absolute atomic E-state index is 0.0168. The normalized spacial score (nSPS) is 12.7. The minimum Gasteiger partial charge on any atom is -0.482 e. The van der Waals surface area contributed by atoms with Crippen LogP contribution in [0.15, 0.2) is 42.5 Å².